The summed E-state index contributed by atoms with van der Waals surface area (Å²) in [5.74, 6) is 0.274. The SMILES string of the molecule is Cc1noc(C)c1C(C)C(=O)N1CCN(S(=O)(=O)c2ccc3c(c2)CCC3)CC1. The van der Waals surface area contributed by atoms with Crippen LogP contribution in [0.25, 0.3) is 0 Å². The minimum Gasteiger partial charge on any atom is -0.361 e. The zero-order valence-electron chi connectivity index (χ0n) is 17.1. The zero-order chi connectivity index (χ0) is 20.8. The van der Waals surface area contributed by atoms with E-state index in [-0.39, 0.29) is 11.8 Å². The highest BCUT2D eigenvalue weighted by molar-refractivity contribution is 7.89. The summed E-state index contributed by atoms with van der Waals surface area (Å²) in [4.78, 5) is 15.0. The third-order valence-corrected chi connectivity index (χ3v) is 8.04. The number of carbonyl (C=O) groups excluding carboxylic acids is 1. The molecule has 156 valence electrons. The summed E-state index contributed by atoms with van der Waals surface area (Å²) in [6.45, 7) is 6.87. The van der Waals surface area contributed by atoms with E-state index in [2.05, 4.69) is 5.16 Å². The van der Waals surface area contributed by atoms with Crippen molar-refractivity contribution >= 4 is 15.9 Å². The molecule has 1 aliphatic heterocycles. The summed E-state index contributed by atoms with van der Waals surface area (Å²) in [5.41, 5.74) is 3.95. The minimum atomic E-state index is -3.54. The van der Waals surface area contributed by atoms with E-state index in [1.54, 1.807) is 17.9 Å². The predicted octanol–water partition coefficient (Wildman–Crippen LogP) is 2.42. The van der Waals surface area contributed by atoms with Gasteiger partial charge < -0.3 is 9.42 Å². The molecule has 2 aromatic rings. The van der Waals surface area contributed by atoms with Crippen LogP contribution in [0.15, 0.2) is 27.6 Å². The standard InChI is InChI=1S/C21H27N3O4S/c1-14(20-15(2)22-28-16(20)3)21(25)23-9-11-24(12-10-23)29(26,27)19-8-7-17-5-4-6-18(17)13-19/h7-8,13-14H,4-6,9-12H2,1-3H3. The molecule has 29 heavy (non-hydrogen) atoms. The van der Waals surface area contributed by atoms with Gasteiger partial charge in [-0.05, 0) is 63.3 Å². The Morgan fingerprint density at radius 2 is 1.79 bits per heavy atom. The second-order valence-electron chi connectivity index (χ2n) is 7.97. The van der Waals surface area contributed by atoms with Gasteiger partial charge in [-0.1, -0.05) is 11.2 Å². The number of piperazine rings is 1. The van der Waals surface area contributed by atoms with E-state index >= 15 is 0 Å². The second-order valence-corrected chi connectivity index (χ2v) is 9.91. The zero-order valence-corrected chi connectivity index (χ0v) is 18.0. The Morgan fingerprint density at radius 1 is 1.10 bits per heavy atom. The first kappa shape index (κ1) is 20.1. The number of fused-ring (bicyclic) bond motifs is 1. The molecule has 1 fully saturated rings. The summed E-state index contributed by atoms with van der Waals surface area (Å²) < 4.78 is 32.8. The Morgan fingerprint density at radius 3 is 2.45 bits per heavy atom. The summed E-state index contributed by atoms with van der Waals surface area (Å²) in [6.07, 6.45) is 3.06. The van der Waals surface area contributed by atoms with Crippen LogP contribution >= 0.6 is 0 Å². The largest absolute Gasteiger partial charge is 0.361 e. The summed E-state index contributed by atoms with van der Waals surface area (Å²) >= 11 is 0. The van der Waals surface area contributed by atoms with Gasteiger partial charge in [0.25, 0.3) is 0 Å². The van der Waals surface area contributed by atoms with E-state index in [1.807, 2.05) is 26.0 Å². The van der Waals surface area contributed by atoms with E-state index in [0.29, 0.717) is 36.8 Å². The molecule has 7 nitrogen and oxygen atoms in total. The Labute approximate surface area is 171 Å². The average molecular weight is 418 g/mol. The molecule has 0 spiro atoms. The van der Waals surface area contributed by atoms with Crippen molar-refractivity contribution in [3.8, 4) is 0 Å². The van der Waals surface area contributed by atoms with Crippen LogP contribution in [0.2, 0.25) is 0 Å². The number of amides is 1. The van der Waals surface area contributed by atoms with Gasteiger partial charge in [-0.2, -0.15) is 4.31 Å². The van der Waals surface area contributed by atoms with Crippen molar-refractivity contribution in [2.75, 3.05) is 26.2 Å². The van der Waals surface area contributed by atoms with Crippen molar-refractivity contribution < 1.29 is 17.7 Å². The number of aromatic nitrogens is 1. The smallest absolute Gasteiger partial charge is 0.243 e. The number of hydrogen-bond donors (Lipinski definition) is 0. The molecule has 1 aliphatic carbocycles. The van der Waals surface area contributed by atoms with Crippen molar-refractivity contribution in [1.82, 2.24) is 14.4 Å². The van der Waals surface area contributed by atoms with Gasteiger partial charge in [-0.25, -0.2) is 8.42 Å². The molecule has 0 radical (unpaired) electrons. The molecule has 0 saturated carbocycles. The highest BCUT2D eigenvalue weighted by atomic mass is 32.2. The van der Waals surface area contributed by atoms with E-state index in [9.17, 15) is 13.2 Å². The van der Waals surface area contributed by atoms with Crippen LogP contribution < -0.4 is 0 Å². The van der Waals surface area contributed by atoms with Crippen LogP contribution in [-0.2, 0) is 27.7 Å². The molecule has 2 aliphatic rings. The fourth-order valence-corrected chi connectivity index (χ4v) is 5.99. The van der Waals surface area contributed by atoms with Crippen molar-refractivity contribution in [3.05, 3.63) is 46.3 Å². The fraction of sp³-hybridized carbons (Fsp3) is 0.524. The molecule has 1 aromatic carbocycles. The van der Waals surface area contributed by atoms with Crippen LogP contribution in [0.5, 0.6) is 0 Å². The van der Waals surface area contributed by atoms with Gasteiger partial charge in [0.2, 0.25) is 15.9 Å². The van der Waals surface area contributed by atoms with Crippen molar-refractivity contribution in [2.24, 2.45) is 0 Å². The molecule has 1 amide bonds. The van der Waals surface area contributed by atoms with Gasteiger partial charge in [0.15, 0.2) is 0 Å². The van der Waals surface area contributed by atoms with Gasteiger partial charge in [-0.3, -0.25) is 4.79 Å². The van der Waals surface area contributed by atoms with E-state index in [0.717, 1.165) is 36.1 Å². The first-order valence-electron chi connectivity index (χ1n) is 10.1. The number of rotatable bonds is 4. The molecular formula is C21H27N3O4S. The molecule has 1 atom stereocenters. The molecule has 1 unspecified atom stereocenters. The van der Waals surface area contributed by atoms with E-state index < -0.39 is 10.0 Å². The Balaban J connectivity index is 1.44. The van der Waals surface area contributed by atoms with Gasteiger partial charge in [0, 0.05) is 31.7 Å². The van der Waals surface area contributed by atoms with Gasteiger partial charge in [0.05, 0.1) is 16.5 Å². The highest BCUT2D eigenvalue weighted by Gasteiger charge is 2.33. The number of hydrogen-bond acceptors (Lipinski definition) is 5. The molecule has 0 N–H and O–H groups in total. The third-order valence-electron chi connectivity index (χ3n) is 6.15. The Kier molecular flexibility index (Phi) is 5.25. The number of nitrogens with zero attached hydrogens (tertiary/aromatic N) is 3. The lowest BCUT2D eigenvalue weighted by Crippen LogP contribution is -2.51. The van der Waals surface area contributed by atoms with Crippen LogP contribution in [0.4, 0.5) is 0 Å². The number of benzene rings is 1. The third kappa shape index (κ3) is 3.59. The van der Waals surface area contributed by atoms with Crippen LogP contribution in [0.1, 0.15) is 47.4 Å². The van der Waals surface area contributed by atoms with E-state index in [4.69, 9.17) is 4.52 Å². The van der Waals surface area contributed by atoms with Crippen LogP contribution in [0.3, 0.4) is 0 Å². The first-order valence-corrected chi connectivity index (χ1v) is 11.6. The molecule has 4 rings (SSSR count). The van der Waals surface area contributed by atoms with Gasteiger partial charge >= 0.3 is 0 Å². The summed E-state index contributed by atoms with van der Waals surface area (Å²) in [7, 11) is -3.54. The van der Waals surface area contributed by atoms with Gasteiger partial charge in [-0.15, -0.1) is 0 Å². The summed E-state index contributed by atoms with van der Waals surface area (Å²) in [5, 5.41) is 3.93. The van der Waals surface area contributed by atoms with Crippen LogP contribution in [0, 0.1) is 13.8 Å². The molecule has 1 saturated heterocycles. The molecule has 1 aromatic heterocycles. The topological polar surface area (TPSA) is 83.7 Å². The molecule has 8 heteroatoms. The lowest BCUT2D eigenvalue weighted by atomic mass is 9.98. The first-order chi connectivity index (χ1) is 13.8. The monoisotopic (exact) mass is 417 g/mol. The average Bonchev–Trinajstić information content (AvgIpc) is 3.32. The Hall–Kier alpha value is -2.19. The van der Waals surface area contributed by atoms with Crippen molar-refractivity contribution in [2.45, 2.75) is 50.8 Å². The van der Waals surface area contributed by atoms with Crippen LogP contribution in [-0.4, -0.2) is 54.9 Å². The van der Waals surface area contributed by atoms with Crippen molar-refractivity contribution in [3.63, 3.8) is 0 Å². The minimum absolute atomic E-state index is 0.0195. The molecule has 0 bridgehead atoms. The predicted molar refractivity (Wildman–Crippen MR) is 108 cm³/mol. The lowest BCUT2D eigenvalue weighted by molar-refractivity contribution is -0.133. The Bertz CT molecular complexity index is 1020. The quantitative estimate of drug-likeness (QED) is 0.763. The molecular weight excluding hydrogens is 390 g/mol. The maximum atomic E-state index is 13.1. The fourth-order valence-electron chi connectivity index (χ4n) is 4.51. The second kappa shape index (κ2) is 7.57. The van der Waals surface area contributed by atoms with Crippen molar-refractivity contribution in [1.29, 1.82) is 0 Å². The highest BCUT2D eigenvalue weighted by Crippen LogP contribution is 2.28. The normalized spacial score (nSPS) is 18.7. The number of sulfonamides is 1. The maximum absolute atomic E-state index is 13.1. The summed E-state index contributed by atoms with van der Waals surface area (Å²) in [6, 6.07) is 5.49. The maximum Gasteiger partial charge on any atom is 0.243 e. The lowest BCUT2D eigenvalue weighted by Gasteiger charge is -2.35. The van der Waals surface area contributed by atoms with E-state index in [1.165, 1.54) is 9.87 Å². The molecule has 2 heterocycles. The number of carbonyl (C=O) groups is 1. The van der Waals surface area contributed by atoms with Gasteiger partial charge in [0.1, 0.15) is 5.76 Å². The number of aryl methyl sites for hydroxylation is 4.